The van der Waals surface area contributed by atoms with Gasteiger partial charge in [0.05, 0.1) is 0 Å². The average Bonchev–Trinajstić information content (AvgIpc) is 3.02. The van der Waals surface area contributed by atoms with E-state index in [0.717, 1.165) is 16.9 Å². The summed E-state index contributed by atoms with van der Waals surface area (Å²) in [4.78, 5) is 38.3. The Morgan fingerprint density at radius 3 is 2.70 bits per heavy atom. The van der Waals surface area contributed by atoms with Crippen LogP contribution in [0.4, 0.5) is 9.18 Å². The minimum Gasteiger partial charge on any atom is -0.341 e. The number of imide groups is 1. The van der Waals surface area contributed by atoms with Gasteiger partial charge >= 0.3 is 6.03 Å². The van der Waals surface area contributed by atoms with E-state index >= 15 is 0 Å². The Morgan fingerprint density at radius 2 is 2.00 bits per heavy atom. The molecule has 7 heteroatoms. The summed E-state index contributed by atoms with van der Waals surface area (Å²) >= 11 is 0. The standard InChI is InChI=1S/C16H18FN3O3/c17-13-3-1-11(2-4-13)12-6-8-19(9-12)15(22)10-20-14(21)5-7-18-16(20)23/h1-4,12H,5-10H2,(H,18,23)/t12-/m1/s1. The second-order valence-electron chi connectivity index (χ2n) is 5.84. The summed E-state index contributed by atoms with van der Waals surface area (Å²) < 4.78 is 13.0. The van der Waals surface area contributed by atoms with Crippen molar-refractivity contribution in [2.75, 3.05) is 26.2 Å². The van der Waals surface area contributed by atoms with E-state index in [-0.39, 0.29) is 36.5 Å². The quantitative estimate of drug-likeness (QED) is 0.906. The minimum atomic E-state index is -0.510. The molecule has 2 heterocycles. The Balaban J connectivity index is 1.60. The number of nitrogens with one attached hydrogen (secondary N) is 1. The molecule has 122 valence electrons. The molecule has 23 heavy (non-hydrogen) atoms. The Labute approximate surface area is 133 Å². The zero-order valence-corrected chi connectivity index (χ0v) is 12.6. The third-order valence-corrected chi connectivity index (χ3v) is 4.34. The van der Waals surface area contributed by atoms with Gasteiger partial charge in [0.2, 0.25) is 11.8 Å². The van der Waals surface area contributed by atoms with Crippen LogP contribution >= 0.6 is 0 Å². The van der Waals surface area contributed by atoms with Gasteiger partial charge < -0.3 is 10.2 Å². The number of rotatable bonds is 3. The number of carbonyl (C=O) groups is 3. The summed E-state index contributed by atoms with van der Waals surface area (Å²) in [7, 11) is 0. The fourth-order valence-corrected chi connectivity index (χ4v) is 3.01. The number of amides is 4. The predicted molar refractivity (Wildman–Crippen MR) is 80.1 cm³/mol. The average molecular weight is 319 g/mol. The van der Waals surface area contributed by atoms with Crippen molar-refractivity contribution < 1.29 is 18.8 Å². The molecular formula is C16H18FN3O3. The van der Waals surface area contributed by atoms with Crippen LogP contribution < -0.4 is 5.32 Å². The Morgan fingerprint density at radius 1 is 1.26 bits per heavy atom. The van der Waals surface area contributed by atoms with Crippen LogP contribution in [0.2, 0.25) is 0 Å². The van der Waals surface area contributed by atoms with Crippen LogP contribution in [-0.2, 0) is 9.59 Å². The van der Waals surface area contributed by atoms with Gasteiger partial charge in [-0.15, -0.1) is 0 Å². The van der Waals surface area contributed by atoms with E-state index in [0.29, 0.717) is 19.6 Å². The van der Waals surface area contributed by atoms with Crippen LogP contribution in [0, 0.1) is 5.82 Å². The summed E-state index contributed by atoms with van der Waals surface area (Å²) in [5.74, 6) is -0.684. The minimum absolute atomic E-state index is 0.158. The van der Waals surface area contributed by atoms with E-state index in [9.17, 15) is 18.8 Å². The third kappa shape index (κ3) is 3.33. The van der Waals surface area contributed by atoms with Crippen LogP contribution in [0.1, 0.15) is 24.3 Å². The van der Waals surface area contributed by atoms with Crippen molar-refractivity contribution >= 4 is 17.8 Å². The van der Waals surface area contributed by atoms with Crippen LogP contribution in [0.25, 0.3) is 0 Å². The van der Waals surface area contributed by atoms with E-state index < -0.39 is 6.03 Å². The van der Waals surface area contributed by atoms with Crippen LogP contribution in [0.3, 0.4) is 0 Å². The molecule has 2 aliphatic rings. The first-order valence-corrected chi connectivity index (χ1v) is 7.66. The van der Waals surface area contributed by atoms with Crippen molar-refractivity contribution in [3.63, 3.8) is 0 Å². The number of halogens is 1. The molecule has 1 aromatic rings. The number of hydrogen-bond acceptors (Lipinski definition) is 3. The Bertz CT molecular complexity index is 616. The molecule has 3 rings (SSSR count). The highest BCUT2D eigenvalue weighted by atomic mass is 19.1. The maximum Gasteiger partial charge on any atom is 0.324 e. The van der Waals surface area contributed by atoms with Gasteiger partial charge in [-0.25, -0.2) is 9.18 Å². The molecular weight excluding hydrogens is 301 g/mol. The van der Waals surface area contributed by atoms with Gasteiger partial charge in [-0.05, 0) is 24.1 Å². The lowest BCUT2D eigenvalue weighted by Crippen LogP contribution is -2.53. The molecule has 1 N–H and O–H groups in total. The number of nitrogens with zero attached hydrogens (tertiary/aromatic N) is 2. The van der Waals surface area contributed by atoms with Crippen molar-refractivity contribution in [2.24, 2.45) is 0 Å². The summed E-state index contributed by atoms with van der Waals surface area (Å²) in [5.41, 5.74) is 0.994. The van der Waals surface area contributed by atoms with Crippen LogP contribution in [0.15, 0.2) is 24.3 Å². The van der Waals surface area contributed by atoms with Crippen molar-refractivity contribution in [3.05, 3.63) is 35.6 Å². The molecule has 1 aromatic carbocycles. The fraction of sp³-hybridized carbons (Fsp3) is 0.438. The van der Waals surface area contributed by atoms with Gasteiger partial charge in [-0.3, -0.25) is 14.5 Å². The maximum absolute atomic E-state index is 13.0. The number of urea groups is 1. The summed E-state index contributed by atoms with van der Waals surface area (Å²) in [6, 6.07) is 5.78. The van der Waals surface area contributed by atoms with Gasteiger partial charge in [0, 0.05) is 32.0 Å². The highest BCUT2D eigenvalue weighted by Gasteiger charge is 2.32. The molecule has 2 fully saturated rings. The maximum atomic E-state index is 13.0. The molecule has 0 saturated carbocycles. The van der Waals surface area contributed by atoms with Crippen molar-refractivity contribution in [1.29, 1.82) is 0 Å². The molecule has 0 aliphatic carbocycles. The van der Waals surface area contributed by atoms with Crippen LogP contribution in [0.5, 0.6) is 0 Å². The van der Waals surface area contributed by atoms with E-state index in [1.807, 2.05) is 0 Å². The second-order valence-corrected chi connectivity index (χ2v) is 5.84. The van der Waals surface area contributed by atoms with Gasteiger partial charge in [0.15, 0.2) is 0 Å². The number of likely N-dealkylation sites (tertiary alicyclic amines) is 1. The van der Waals surface area contributed by atoms with Gasteiger partial charge in [-0.2, -0.15) is 0 Å². The van der Waals surface area contributed by atoms with E-state index in [2.05, 4.69) is 5.32 Å². The van der Waals surface area contributed by atoms with E-state index in [1.165, 1.54) is 12.1 Å². The topological polar surface area (TPSA) is 69.7 Å². The largest absolute Gasteiger partial charge is 0.341 e. The molecule has 0 radical (unpaired) electrons. The highest BCUT2D eigenvalue weighted by molar-refractivity contribution is 6.00. The SMILES string of the molecule is O=C(CN1C(=O)CCNC1=O)N1CC[C@@H](c2ccc(F)cc2)C1. The molecule has 0 unspecified atom stereocenters. The van der Waals surface area contributed by atoms with Crippen LogP contribution in [-0.4, -0.2) is 53.8 Å². The molecule has 4 amide bonds. The van der Waals surface area contributed by atoms with Gasteiger partial charge in [0.25, 0.3) is 0 Å². The molecule has 2 aliphatic heterocycles. The second kappa shape index (κ2) is 6.36. The monoisotopic (exact) mass is 319 g/mol. The van der Waals surface area contributed by atoms with Gasteiger partial charge in [-0.1, -0.05) is 12.1 Å². The third-order valence-electron chi connectivity index (χ3n) is 4.34. The molecule has 2 saturated heterocycles. The first kappa shape index (κ1) is 15.5. The van der Waals surface area contributed by atoms with Crippen molar-refractivity contribution in [3.8, 4) is 0 Å². The molecule has 6 nitrogen and oxygen atoms in total. The lowest BCUT2D eigenvalue weighted by molar-refractivity contribution is -0.138. The summed E-state index contributed by atoms with van der Waals surface area (Å²) in [6.07, 6.45) is 1.01. The van der Waals surface area contributed by atoms with E-state index in [1.54, 1.807) is 17.0 Å². The van der Waals surface area contributed by atoms with Crippen molar-refractivity contribution in [1.82, 2.24) is 15.1 Å². The molecule has 0 aromatic heterocycles. The van der Waals surface area contributed by atoms with Gasteiger partial charge in [0.1, 0.15) is 12.4 Å². The van der Waals surface area contributed by atoms with E-state index in [4.69, 9.17) is 0 Å². The lowest BCUT2D eigenvalue weighted by atomic mass is 9.99. The summed E-state index contributed by atoms with van der Waals surface area (Å²) in [6.45, 7) is 1.19. The predicted octanol–water partition coefficient (Wildman–Crippen LogP) is 1.08. The molecule has 0 bridgehead atoms. The zero-order chi connectivity index (χ0) is 16.4. The number of carbonyl (C=O) groups excluding carboxylic acids is 3. The number of benzene rings is 1. The zero-order valence-electron chi connectivity index (χ0n) is 12.6. The Hall–Kier alpha value is -2.44. The first-order valence-electron chi connectivity index (χ1n) is 7.66. The smallest absolute Gasteiger partial charge is 0.324 e. The van der Waals surface area contributed by atoms with Crippen molar-refractivity contribution in [2.45, 2.75) is 18.8 Å². The Kier molecular flexibility index (Phi) is 4.27. The molecule has 0 spiro atoms. The lowest BCUT2D eigenvalue weighted by Gasteiger charge is -2.27. The fourth-order valence-electron chi connectivity index (χ4n) is 3.01. The molecule has 1 atom stereocenters. The number of hydrogen-bond donors (Lipinski definition) is 1. The normalized spacial score (nSPS) is 21.5. The summed E-state index contributed by atoms with van der Waals surface area (Å²) in [5, 5.41) is 2.56. The first-order chi connectivity index (χ1) is 11.0. The highest BCUT2D eigenvalue weighted by Crippen LogP contribution is 2.27.